The van der Waals surface area contributed by atoms with Crippen LogP contribution in [0.25, 0.3) is 0 Å². The number of alkyl halides is 3. The Hall–Kier alpha value is -3.23. The SMILES string of the molecule is Cc1ccc(SC2=C(Nc3ccc(C)cc3C)C(=O)N(c3cc(C(F)(F)F)ccc3Cl)C2=O)cc1. The number of imide groups is 1. The first-order valence-electron chi connectivity index (χ1n) is 10.5. The highest BCUT2D eigenvalue weighted by molar-refractivity contribution is 8.04. The lowest BCUT2D eigenvalue weighted by atomic mass is 10.1. The summed E-state index contributed by atoms with van der Waals surface area (Å²) >= 11 is 7.24. The fourth-order valence-corrected chi connectivity index (χ4v) is 4.74. The van der Waals surface area contributed by atoms with E-state index >= 15 is 0 Å². The van der Waals surface area contributed by atoms with E-state index < -0.39 is 23.6 Å². The van der Waals surface area contributed by atoms with Crippen LogP contribution in [0.1, 0.15) is 22.3 Å². The third-order valence-electron chi connectivity index (χ3n) is 5.44. The van der Waals surface area contributed by atoms with Gasteiger partial charge in [0.2, 0.25) is 0 Å². The first-order valence-corrected chi connectivity index (χ1v) is 11.7. The summed E-state index contributed by atoms with van der Waals surface area (Å²) in [6.45, 7) is 5.70. The standard InChI is InChI=1S/C26H20ClF3N2O2S/c1-14-4-8-18(9-5-14)35-23-22(31-20-11-6-15(2)12-16(20)3)24(33)32(25(23)34)21-13-17(26(28,29)30)7-10-19(21)27/h4-13,31H,1-3H3. The monoisotopic (exact) mass is 516 g/mol. The second-order valence-corrected chi connectivity index (χ2v) is 9.66. The Morgan fingerprint density at radius 3 is 2.14 bits per heavy atom. The molecule has 4 nitrogen and oxygen atoms in total. The molecule has 1 aliphatic heterocycles. The number of aryl methyl sites for hydroxylation is 3. The van der Waals surface area contributed by atoms with Crippen molar-refractivity contribution in [2.24, 2.45) is 0 Å². The Morgan fingerprint density at radius 2 is 1.51 bits per heavy atom. The van der Waals surface area contributed by atoms with Crippen LogP contribution in [0, 0.1) is 20.8 Å². The highest BCUT2D eigenvalue weighted by Crippen LogP contribution is 2.42. The summed E-state index contributed by atoms with van der Waals surface area (Å²) in [5, 5.41) is 2.90. The minimum Gasteiger partial charge on any atom is -0.350 e. The second-order valence-electron chi connectivity index (χ2n) is 8.17. The van der Waals surface area contributed by atoms with Crippen molar-refractivity contribution in [3.8, 4) is 0 Å². The van der Waals surface area contributed by atoms with Crippen LogP contribution in [0.4, 0.5) is 24.5 Å². The normalized spacial score (nSPS) is 14.2. The minimum atomic E-state index is -4.67. The molecule has 1 N–H and O–H groups in total. The zero-order chi connectivity index (χ0) is 25.5. The molecule has 0 saturated carbocycles. The maximum Gasteiger partial charge on any atom is 0.416 e. The quantitative estimate of drug-likeness (QED) is 0.362. The number of amides is 2. The van der Waals surface area contributed by atoms with Crippen LogP contribution in [-0.4, -0.2) is 11.8 Å². The first-order chi connectivity index (χ1) is 16.5. The van der Waals surface area contributed by atoms with E-state index in [1.165, 1.54) is 0 Å². The van der Waals surface area contributed by atoms with Gasteiger partial charge in [0.1, 0.15) is 10.6 Å². The molecule has 1 aliphatic rings. The van der Waals surface area contributed by atoms with Crippen LogP contribution in [0.3, 0.4) is 0 Å². The van der Waals surface area contributed by atoms with E-state index in [0.717, 1.165) is 40.6 Å². The van der Waals surface area contributed by atoms with Gasteiger partial charge in [0, 0.05) is 10.6 Å². The molecule has 0 saturated heterocycles. The molecule has 180 valence electrons. The molecule has 0 unspecified atom stereocenters. The molecule has 3 aromatic rings. The van der Waals surface area contributed by atoms with Crippen LogP contribution in [-0.2, 0) is 15.8 Å². The van der Waals surface area contributed by atoms with Crippen molar-refractivity contribution >= 4 is 46.6 Å². The van der Waals surface area contributed by atoms with Gasteiger partial charge in [-0.2, -0.15) is 13.2 Å². The highest BCUT2D eigenvalue weighted by atomic mass is 35.5. The van der Waals surface area contributed by atoms with Crippen molar-refractivity contribution in [2.45, 2.75) is 31.8 Å². The smallest absolute Gasteiger partial charge is 0.350 e. The molecular weight excluding hydrogens is 497 g/mol. The van der Waals surface area contributed by atoms with Gasteiger partial charge in [-0.1, -0.05) is 58.8 Å². The third kappa shape index (κ3) is 5.09. The Kier molecular flexibility index (Phi) is 6.71. The average molecular weight is 517 g/mol. The Bertz CT molecular complexity index is 1370. The largest absolute Gasteiger partial charge is 0.416 e. The summed E-state index contributed by atoms with van der Waals surface area (Å²) in [6, 6.07) is 15.4. The molecule has 2 amide bonds. The summed E-state index contributed by atoms with van der Waals surface area (Å²) in [5.41, 5.74) is 2.11. The lowest BCUT2D eigenvalue weighted by Crippen LogP contribution is -2.33. The average Bonchev–Trinajstić information content (AvgIpc) is 3.00. The summed E-state index contributed by atoms with van der Waals surface area (Å²) in [6.07, 6.45) is -4.67. The van der Waals surface area contributed by atoms with Gasteiger partial charge in [0.25, 0.3) is 11.8 Å². The molecule has 1 heterocycles. The molecule has 35 heavy (non-hydrogen) atoms. The minimum absolute atomic E-state index is 0.0268. The number of halogens is 4. The fourth-order valence-electron chi connectivity index (χ4n) is 3.61. The van der Waals surface area contributed by atoms with E-state index in [4.69, 9.17) is 11.6 Å². The lowest BCUT2D eigenvalue weighted by molar-refractivity contribution is -0.137. The van der Waals surface area contributed by atoms with Crippen LogP contribution >= 0.6 is 23.4 Å². The molecule has 0 bridgehead atoms. The molecule has 0 spiro atoms. The highest BCUT2D eigenvalue weighted by Gasteiger charge is 2.42. The topological polar surface area (TPSA) is 49.4 Å². The number of benzene rings is 3. The number of thioether (sulfide) groups is 1. The van der Waals surface area contributed by atoms with Gasteiger partial charge in [0.05, 0.1) is 16.3 Å². The number of carbonyl (C=O) groups excluding carboxylic acids is 2. The van der Waals surface area contributed by atoms with Gasteiger partial charge in [-0.3, -0.25) is 9.59 Å². The van der Waals surface area contributed by atoms with Crippen molar-refractivity contribution < 1.29 is 22.8 Å². The van der Waals surface area contributed by atoms with Gasteiger partial charge in [-0.05, 0) is 62.7 Å². The van der Waals surface area contributed by atoms with Gasteiger partial charge >= 0.3 is 6.18 Å². The van der Waals surface area contributed by atoms with Crippen LogP contribution < -0.4 is 10.2 Å². The van der Waals surface area contributed by atoms with E-state index in [2.05, 4.69) is 5.32 Å². The molecule has 0 atom stereocenters. The molecule has 3 aromatic carbocycles. The lowest BCUT2D eigenvalue weighted by Gasteiger charge is -2.19. The maximum atomic E-state index is 13.5. The Morgan fingerprint density at radius 1 is 0.857 bits per heavy atom. The summed E-state index contributed by atoms with van der Waals surface area (Å²) in [4.78, 5) is 28.4. The van der Waals surface area contributed by atoms with E-state index in [1.54, 1.807) is 18.2 Å². The van der Waals surface area contributed by atoms with E-state index in [1.807, 2.05) is 45.0 Å². The van der Waals surface area contributed by atoms with E-state index in [0.29, 0.717) is 21.5 Å². The predicted octanol–water partition coefficient (Wildman–Crippen LogP) is 7.27. The molecule has 0 aromatic heterocycles. The van der Waals surface area contributed by atoms with Crippen LogP contribution in [0.15, 0.2) is 76.2 Å². The second kappa shape index (κ2) is 9.43. The third-order valence-corrected chi connectivity index (χ3v) is 6.85. The molecule has 4 rings (SSSR count). The molecular formula is C26H20ClF3N2O2S. The van der Waals surface area contributed by atoms with Crippen molar-refractivity contribution in [2.75, 3.05) is 10.2 Å². The maximum absolute atomic E-state index is 13.5. The van der Waals surface area contributed by atoms with Gasteiger partial charge in [0.15, 0.2) is 0 Å². The van der Waals surface area contributed by atoms with Crippen LogP contribution in [0.2, 0.25) is 5.02 Å². The summed E-state index contributed by atoms with van der Waals surface area (Å²) in [7, 11) is 0. The van der Waals surface area contributed by atoms with Crippen molar-refractivity contribution in [1.82, 2.24) is 0 Å². The van der Waals surface area contributed by atoms with Gasteiger partial charge in [-0.25, -0.2) is 4.90 Å². The van der Waals surface area contributed by atoms with Crippen molar-refractivity contribution in [1.29, 1.82) is 0 Å². The fraction of sp³-hybridized carbons (Fsp3) is 0.154. The zero-order valence-corrected chi connectivity index (χ0v) is 20.5. The molecule has 9 heteroatoms. The number of nitrogens with zero attached hydrogens (tertiary/aromatic N) is 1. The number of hydrogen-bond acceptors (Lipinski definition) is 4. The molecule has 0 aliphatic carbocycles. The Labute approximate surface area is 209 Å². The van der Waals surface area contributed by atoms with Crippen molar-refractivity contribution in [3.05, 3.63) is 98.5 Å². The summed E-state index contributed by atoms with van der Waals surface area (Å²) < 4.78 is 40.1. The Balaban J connectivity index is 1.80. The van der Waals surface area contributed by atoms with E-state index in [9.17, 15) is 22.8 Å². The van der Waals surface area contributed by atoms with Gasteiger partial charge in [-0.15, -0.1) is 0 Å². The number of carbonyl (C=O) groups is 2. The van der Waals surface area contributed by atoms with Crippen molar-refractivity contribution in [3.63, 3.8) is 0 Å². The van der Waals surface area contributed by atoms with Gasteiger partial charge < -0.3 is 5.32 Å². The summed E-state index contributed by atoms with van der Waals surface area (Å²) in [5.74, 6) is -1.54. The van der Waals surface area contributed by atoms with Crippen LogP contribution in [0.5, 0.6) is 0 Å². The number of anilines is 2. The number of hydrogen-bond donors (Lipinski definition) is 1. The predicted molar refractivity (Wildman–Crippen MR) is 133 cm³/mol. The van der Waals surface area contributed by atoms with E-state index in [-0.39, 0.29) is 21.3 Å². The zero-order valence-electron chi connectivity index (χ0n) is 19.0. The molecule has 0 radical (unpaired) electrons. The number of nitrogens with one attached hydrogen (secondary N) is 1. The number of rotatable bonds is 5. The molecule has 0 fully saturated rings. The first kappa shape index (κ1) is 24.9.